The molecular weight excluding hydrogens is 267 g/mol. The second-order valence-electron chi connectivity index (χ2n) is 4.16. The van der Waals surface area contributed by atoms with Gasteiger partial charge in [0.2, 0.25) is 0 Å². The number of nitro groups is 1. The zero-order valence-electron chi connectivity index (χ0n) is 11.2. The van der Waals surface area contributed by atoms with Crippen molar-refractivity contribution in [3.05, 3.63) is 39.7 Å². The third-order valence-corrected chi connectivity index (χ3v) is 2.52. The summed E-state index contributed by atoms with van der Waals surface area (Å²) in [5.74, 6) is -0.891. The summed E-state index contributed by atoms with van der Waals surface area (Å²) in [5, 5.41) is 13.6. The second-order valence-corrected chi connectivity index (χ2v) is 4.16. The standard InChI is InChI=1S/C13H17FN2O4/c1-2-20-13(17)4-3-5-15-9-10-6-11(14)8-12(7-10)16(18)19/h6-8,15H,2-5,9H2,1H3. The summed E-state index contributed by atoms with van der Waals surface area (Å²) in [6.45, 7) is 2.96. The van der Waals surface area contributed by atoms with Crippen molar-refractivity contribution in [1.82, 2.24) is 5.32 Å². The molecule has 1 N–H and O–H groups in total. The van der Waals surface area contributed by atoms with Crippen molar-refractivity contribution in [2.45, 2.75) is 26.3 Å². The van der Waals surface area contributed by atoms with Crippen molar-refractivity contribution in [3.63, 3.8) is 0 Å². The van der Waals surface area contributed by atoms with Crippen LogP contribution in [0.1, 0.15) is 25.3 Å². The summed E-state index contributed by atoms with van der Waals surface area (Å²) in [5.41, 5.74) is 0.223. The fourth-order valence-corrected chi connectivity index (χ4v) is 1.66. The van der Waals surface area contributed by atoms with Gasteiger partial charge in [-0.3, -0.25) is 14.9 Å². The largest absolute Gasteiger partial charge is 0.466 e. The second kappa shape index (κ2) is 8.21. The van der Waals surface area contributed by atoms with E-state index in [0.717, 1.165) is 6.07 Å². The van der Waals surface area contributed by atoms with E-state index in [1.54, 1.807) is 6.92 Å². The van der Waals surface area contributed by atoms with Crippen LogP contribution in [-0.2, 0) is 16.1 Å². The molecule has 1 aromatic carbocycles. The molecule has 1 rings (SSSR count). The number of non-ortho nitro benzene ring substituents is 1. The van der Waals surface area contributed by atoms with Crippen LogP contribution < -0.4 is 5.32 Å². The van der Waals surface area contributed by atoms with Crippen molar-refractivity contribution in [3.8, 4) is 0 Å². The molecule has 0 atom stereocenters. The maximum atomic E-state index is 13.2. The molecule has 20 heavy (non-hydrogen) atoms. The molecule has 0 aliphatic heterocycles. The lowest BCUT2D eigenvalue weighted by atomic mass is 10.2. The molecule has 0 aromatic heterocycles. The van der Waals surface area contributed by atoms with Crippen LogP contribution in [0.2, 0.25) is 0 Å². The number of nitro benzene ring substituents is 1. The van der Waals surface area contributed by atoms with E-state index in [1.165, 1.54) is 12.1 Å². The van der Waals surface area contributed by atoms with Gasteiger partial charge in [0.25, 0.3) is 5.69 Å². The van der Waals surface area contributed by atoms with Gasteiger partial charge in [0.15, 0.2) is 0 Å². The SMILES string of the molecule is CCOC(=O)CCCNCc1cc(F)cc([N+](=O)[O-])c1. The highest BCUT2D eigenvalue weighted by atomic mass is 19.1. The number of benzene rings is 1. The van der Waals surface area contributed by atoms with Gasteiger partial charge in [-0.2, -0.15) is 0 Å². The van der Waals surface area contributed by atoms with Crippen molar-refractivity contribution < 1.29 is 18.8 Å². The summed E-state index contributed by atoms with van der Waals surface area (Å²) < 4.78 is 17.9. The number of ether oxygens (including phenoxy) is 1. The number of halogens is 1. The minimum atomic E-state index is -0.637. The molecule has 0 saturated carbocycles. The van der Waals surface area contributed by atoms with Gasteiger partial charge in [-0.15, -0.1) is 0 Å². The molecule has 0 heterocycles. The zero-order valence-corrected chi connectivity index (χ0v) is 11.2. The van der Waals surface area contributed by atoms with Gasteiger partial charge >= 0.3 is 5.97 Å². The Labute approximate surface area is 116 Å². The molecule has 0 radical (unpaired) electrons. The zero-order chi connectivity index (χ0) is 15.0. The summed E-state index contributed by atoms with van der Waals surface area (Å²) in [4.78, 5) is 21.0. The van der Waals surface area contributed by atoms with Gasteiger partial charge in [-0.25, -0.2) is 4.39 Å². The summed E-state index contributed by atoms with van der Waals surface area (Å²) >= 11 is 0. The Morgan fingerprint density at radius 3 is 2.85 bits per heavy atom. The van der Waals surface area contributed by atoms with Crippen molar-refractivity contribution >= 4 is 11.7 Å². The molecule has 1 aromatic rings. The number of hydrogen-bond acceptors (Lipinski definition) is 5. The lowest BCUT2D eigenvalue weighted by molar-refractivity contribution is -0.385. The monoisotopic (exact) mass is 284 g/mol. The van der Waals surface area contributed by atoms with Gasteiger partial charge in [0.1, 0.15) is 5.82 Å². The highest BCUT2D eigenvalue weighted by molar-refractivity contribution is 5.69. The van der Waals surface area contributed by atoms with Crippen molar-refractivity contribution in [1.29, 1.82) is 0 Å². The number of carbonyl (C=O) groups is 1. The maximum absolute atomic E-state index is 13.2. The van der Waals surface area contributed by atoms with E-state index in [-0.39, 0.29) is 11.7 Å². The summed E-state index contributed by atoms with van der Waals surface area (Å²) in [6.07, 6.45) is 0.903. The van der Waals surface area contributed by atoms with Crippen LogP contribution in [-0.4, -0.2) is 24.0 Å². The smallest absolute Gasteiger partial charge is 0.305 e. The summed E-state index contributed by atoms with van der Waals surface area (Å²) in [6, 6.07) is 3.44. The van der Waals surface area contributed by atoms with Crippen molar-refractivity contribution in [2.75, 3.05) is 13.2 Å². The van der Waals surface area contributed by atoms with Crippen LogP contribution in [0, 0.1) is 15.9 Å². The van der Waals surface area contributed by atoms with Gasteiger partial charge in [-0.1, -0.05) is 0 Å². The van der Waals surface area contributed by atoms with Crippen LogP contribution in [0.25, 0.3) is 0 Å². The maximum Gasteiger partial charge on any atom is 0.305 e. The quantitative estimate of drug-likeness (QED) is 0.342. The molecule has 0 unspecified atom stereocenters. The first kappa shape index (κ1) is 16.0. The van der Waals surface area contributed by atoms with E-state index in [1.807, 2.05) is 0 Å². The number of nitrogens with zero attached hydrogens (tertiary/aromatic N) is 1. The van der Waals surface area contributed by atoms with Crippen LogP contribution in [0.3, 0.4) is 0 Å². The van der Waals surface area contributed by atoms with Gasteiger partial charge < -0.3 is 10.1 Å². The van der Waals surface area contributed by atoms with Crippen molar-refractivity contribution in [2.24, 2.45) is 0 Å². The van der Waals surface area contributed by atoms with Crippen LogP contribution in [0.4, 0.5) is 10.1 Å². The van der Waals surface area contributed by atoms with E-state index < -0.39 is 10.7 Å². The average Bonchev–Trinajstić information content (AvgIpc) is 2.38. The molecule has 0 amide bonds. The van der Waals surface area contributed by atoms with E-state index in [4.69, 9.17) is 4.74 Å². The number of carbonyl (C=O) groups excluding carboxylic acids is 1. The fourth-order valence-electron chi connectivity index (χ4n) is 1.66. The Kier molecular flexibility index (Phi) is 6.58. The number of hydrogen-bond donors (Lipinski definition) is 1. The van der Waals surface area contributed by atoms with Crippen LogP contribution in [0.5, 0.6) is 0 Å². The Morgan fingerprint density at radius 1 is 1.45 bits per heavy atom. The highest BCUT2D eigenvalue weighted by Gasteiger charge is 2.09. The molecule has 6 nitrogen and oxygen atoms in total. The fraction of sp³-hybridized carbons (Fsp3) is 0.462. The van der Waals surface area contributed by atoms with Gasteiger partial charge in [0.05, 0.1) is 17.6 Å². The molecule has 0 aliphatic carbocycles. The van der Waals surface area contributed by atoms with E-state index in [0.29, 0.717) is 38.1 Å². The highest BCUT2D eigenvalue weighted by Crippen LogP contribution is 2.16. The Balaban J connectivity index is 2.35. The van der Waals surface area contributed by atoms with E-state index in [9.17, 15) is 19.3 Å². The lowest BCUT2D eigenvalue weighted by Crippen LogP contribution is -2.16. The Bertz CT molecular complexity index is 479. The van der Waals surface area contributed by atoms with E-state index >= 15 is 0 Å². The molecule has 0 saturated heterocycles. The molecule has 7 heteroatoms. The minimum absolute atomic E-state index is 0.254. The molecule has 0 spiro atoms. The molecule has 0 fully saturated rings. The minimum Gasteiger partial charge on any atom is -0.466 e. The first-order chi connectivity index (χ1) is 9.52. The van der Waals surface area contributed by atoms with E-state index in [2.05, 4.69) is 5.32 Å². The lowest BCUT2D eigenvalue weighted by Gasteiger charge is -2.05. The Morgan fingerprint density at radius 2 is 2.20 bits per heavy atom. The first-order valence-electron chi connectivity index (χ1n) is 6.33. The van der Waals surface area contributed by atoms with Crippen LogP contribution >= 0.6 is 0 Å². The third-order valence-electron chi connectivity index (χ3n) is 2.52. The molecule has 0 bridgehead atoms. The topological polar surface area (TPSA) is 81.5 Å². The van der Waals surface area contributed by atoms with Gasteiger partial charge in [0, 0.05) is 19.0 Å². The molecule has 0 aliphatic rings. The number of rotatable bonds is 8. The number of esters is 1. The molecule has 110 valence electrons. The average molecular weight is 284 g/mol. The normalized spacial score (nSPS) is 10.3. The molecular formula is C13H17FN2O4. The number of nitrogens with one attached hydrogen (secondary N) is 1. The Hall–Kier alpha value is -2.02. The van der Waals surface area contributed by atoms with Gasteiger partial charge in [-0.05, 0) is 31.5 Å². The third kappa shape index (κ3) is 5.75. The predicted octanol–water partition coefficient (Wildman–Crippen LogP) is 2.17. The summed E-state index contributed by atoms with van der Waals surface area (Å²) in [7, 11) is 0. The predicted molar refractivity (Wildman–Crippen MR) is 70.6 cm³/mol. The van der Waals surface area contributed by atoms with Crippen LogP contribution in [0.15, 0.2) is 18.2 Å². The first-order valence-corrected chi connectivity index (χ1v) is 6.33.